The number of pyridine rings is 1. The number of amides is 1. The SMILES string of the molecule is COc1cccc2cc(C(=O)NCCc3cccc4cccnc34)oc12. The van der Waals surface area contributed by atoms with Crippen molar-refractivity contribution in [2.45, 2.75) is 6.42 Å². The molecule has 2 aromatic carbocycles. The number of ether oxygens (including phenoxy) is 1. The monoisotopic (exact) mass is 346 g/mol. The fraction of sp³-hybridized carbons (Fsp3) is 0.143. The molecule has 2 heterocycles. The third kappa shape index (κ3) is 2.99. The molecule has 0 aliphatic carbocycles. The van der Waals surface area contributed by atoms with Crippen LogP contribution in [-0.2, 0) is 6.42 Å². The lowest BCUT2D eigenvalue weighted by atomic mass is 10.1. The van der Waals surface area contributed by atoms with Gasteiger partial charge in [0, 0.05) is 23.5 Å². The molecule has 0 bridgehead atoms. The van der Waals surface area contributed by atoms with E-state index in [9.17, 15) is 4.79 Å². The number of fused-ring (bicyclic) bond motifs is 2. The van der Waals surface area contributed by atoms with Gasteiger partial charge in [-0.15, -0.1) is 0 Å². The van der Waals surface area contributed by atoms with Gasteiger partial charge in [-0.1, -0.05) is 36.4 Å². The topological polar surface area (TPSA) is 64.4 Å². The highest BCUT2D eigenvalue weighted by molar-refractivity contribution is 5.97. The third-order valence-electron chi connectivity index (χ3n) is 4.35. The predicted molar refractivity (Wildman–Crippen MR) is 101 cm³/mol. The Hall–Kier alpha value is -3.34. The highest BCUT2D eigenvalue weighted by Crippen LogP contribution is 2.28. The van der Waals surface area contributed by atoms with E-state index in [-0.39, 0.29) is 11.7 Å². The van der Waals surface area contributed by atoms with Gasteiger partial charge in [0.15, 0.2) is 17.1 Å². The Morgan fingerprint density at radius 1 is 1.12 bits per heavy atom. The van der Waals surface area contributed by atoms with Gasteiger partial charge in [0.1, 0.15) is 0 Å². The minimum atomic E-state index is -0.239. The van der Waals surface area contributed by atoms with Crippen LogP contribution in [0.5, 0.6) is 5.75 Å². The summed E-state index contributed by atoms with van der Waals surface area (Å²) in [5.41, 5.74) is 2.66. The molecule has 26 heavy (non-hydrogen) atoms. The molecule has 5 heteroatoms. The average molecular weight is 346 g/mol. The quantitative estimate of drug-likeness (QED) is 0.594. The van der Waals surface area contributed by atoms with Gasteiger partial charge in [-0.25, -0.2) is 0 Å². The van der Waals surface area contributed by atoms with Crippen LogP contribution in [0.3, 0.4) is 0 Å². The van der Waals surface area contributed by atoms with Gasteiger partial charge < -0.3 is 14.5 Å². The lowest BCUT2D eigenvalue weighted by molar-refractivity contribution is 0.0928. The van der Waals surface area contributed by atoms with Crippen LogP contribution >= 0.6 is 0 Å². The number of nitrogens with one attached hydrogen (secondary N) is 1. The lowest BCUT2D eigenvalue weighted by Gasteiger charge is -2.06. The van der Waals surface area contributed by atoms with Crippen LogP contribution < -0.4 is 10.1 Å². The van der Waals surface area contributed by atoms with Crippen molar-refractivity contribution >= 4 is 27.8 Å². The summed E-state index contributed by atoms with van der Waals surface area (Å²) in [6.07, 6.45) is 2.48. The Kier molecular flexibility index (Phi) is 4.27. The van der Waals surface area contributed by atoms with Gasteiger partial charge >= 0.3 is 0 Å². The number of hydrogen-bond donors (Lipinski definition) is 1. The molecular weight excluding hydrogens is 328 g/mol. The van der Waals surface area contributed by atoms with E-state index >= 15 is 0 Å². The molecule has 0 fully saturated rings. The summed E-state index contributed by atoms with van der Waals surface area (Å²) < 4.78 is 10.9. The molecule has 0 atom stereocenters. The first-order chi connectivity index (χ1) is 12.8. The van der Waals surface area contributed by atoms with Gasteiger partial charge in [-0.2, -0.15) is 0 Å². The van der Waals surface area contributed by atoms with E-state index in [0.717, 1.165) is 21.9 Å². The van der Waals surface area contributed by atoms with Crippen LogP contribution in [0.4, 0.5) is 0 Å². The first kappa shape index (κ1) is 16.1. The van der Waals surface area contributed by atoms with E-state index in [4.69, 9.17) is 9.15 Å². The van der Waals surface area contributed by atoms with Crippen molar-refractivity contribution in [1.29, 1.82) is 0 Å². The van der Waals surface area contributed by atoms with Crippen molar-refractivity contribution in [1.82, 2.24) is 10.3 Å². The van der Waals surface area contributed by atoms with E-state index < -0.39 is 0 Å². The Morgan fingerprint density at radius 2 is 1.92 bits per heavy atom. The number of aromatic nitrogens is 1. The molecule has 0 spiro atoms. The Morgan fingerprint density at radius 3 is 2.81 bits per heavy atom. The molecule has 1 amide bonds. The number of hydrogen-bond acceptors (Lipinski definition) is 4. The first-order valence-corrected chi connectivity index (χ1v) is 8.43. The molecular formula is C21H18N2O3. The van der Waals surface area contributed by atoms with Crippen molar-refractivity contribution < 1.29 is 13.9 Å². The largest absolute Gasteiger partial charge is 0.493 e. The van der Waals surface area contributed by atoms with Gasteiger partial charge in [0.05, 0.1) is 12.6 Å². The Labute approximate surface area is 150 Å². The second kappa shape index (κ2) is 6.88. The maximum Gasteiger partial charge on any atom is 0.287 e. The van der Waals surface area contributed by atoms with Crippen LogP contribution in [0.2, 0.25) is 0 Å². The predicted octanol–water partition coefficient (Wildman–Crippen LogP) is 3.96. The van der Waals surface area contributed by atoms with E-state index in [0.29, 0.717) is 24.3 Å². The zero-order chi connectivity index (χ0) is 17.9. The number of nitrogens with zero attached hydrogens (tertiary/aromatic N) is 1. The molecule has 0 aliphatic rings. The molecule has 4 aromatic rings. The van der Waals surface area contributed by atoms with E-state index in [1.165, 1.54) is 0 Å². The standard InChI is InChI=1S/C21H18N2O3/c1-25-17-9-3-7-16-13-18(26-20(16)17)21(24)23-12-10-15-6-2-5-14-8-4-11-22-19(14)15/h2-9,11,13H,10,12H2,1H3,(H,23,24). The number of furan rings is 1. The van der Waals surface area contributed by atoms with Gasteiger partial charge in [-0.05, 0) is 30.2 Å². The number of para-hydroxylation sites is 2. The van der Waals surface area contributed by atoms with Crippen molar-refractivity contribution in [3.05, 3.63) is 72.1 Å². The summed E-state index contributed by atoms with van der Waals surface area (Å²) in [5.74, 6) is 0.653. The molecule has 0 unspecified atom stereocenters. The second-order valence-corrected chi connectivity index (χ2v) is 5.99. The van der Waals surface area contributed by atoms with Crippen molar-refractivity contribution in [2.75, 3.05) is 13.7 Å². The highest BCUT2D eigenvalue weighted by Gasteiger charge is 2.14. The second-order valence-electron chi connectivity index (χ2n) is 5.99. The fourth-order valence-corrected chi connectivity index (χ4v) is 3.08. The molecule has 2 aromatic heterocycles. The molecule has 130 valence electrons. The average Bonchev–Trinajstić information content (AvgIpc) is 3.12. The maximum absolute atomic E-state index is 12.4. The summed E-state index contributed by atoms with van der Waals surface area (Å²) in [6.45, 7) is 0.503. The first-order valence-electron chi connectivity index (χ1n) is 8.43. The van der Waals surface area contributed by atoms with Crippen LogP contribution in [0.15, 0.2) is 65.2 Å². The molecule has 0 saturated carbocycles. The number of benzene rings is 2. The summed E-state index contributed by atoms with van der Waals surface area (Å²) in [6, 6.07) is 17.3. The van der Waals surface area contributed by atoms with Crippen molar-refractivity contribution in [2.24, 2.45) is 0 Å². The Bertz CT molecular complexity index is 1080. The van der Waals surface area contributed by atoms with E-state index in [2.05, 4.69) is 10.3 Å². The van der Waals surface area contributed by atoms with E-state index in [1.54, 1.807) is 25.4 Å². The molecule has 4 rings (SSSR count). The van der Waals surface area contributed by atoms with Crippen molar-refractivity contribution in [3.8, 4) is 5.75 Å². The molecule has 0 aliphatic heterocycles. The zero-order valence-electron chi connectivity index (χ0n) is 14.4. The number of methoxy groups -OCH3 is 1. The summed E-state index contributed by atoms with van der Waals surface area (Å²) in [7, 11) is 1.58. The minimum Gasteiger partial charge on any atom is -0.493 e. The summed E-state index contributed by atoms with van der Waals surface area (Å²) in [5, 5.41) is 4.85. The summed E-state index contributed by atoms with van der Waals surface area (Å²) >= 11 is 0. The maximum atomic E-state index is 12.4. The van der Waals surface area contributed by atoms with Crippen LogP contribution in [0.25, 0.3) is 21.9 Å². The van der Waals surface area contributed by atoms with Gasteiger partial charge in [-0.3, -0.25) is 9.78 Å². The normalized spacial score (nSPS) is 11.0. The zero-order valence-corrected chi connectivity index (χ0v) is 14.4. The highest BCUT2D eigenvalue weighted by atomic mass is 16.5. The lowest BCUT2D eigenvalue weighted by Crippen LogP contribution is -2.25. The summed E-state index contributed by atoms with van der Waals surface area (Å²) in [4.78, 5) is 16.8. The van der Waals surface area contributed by atoms with Crippen molar-refractivity contribution in [3.63, 3.8) is 0 Å². The minimum absolute atomic E-state index is 0.239. The fourth-order valence-electron chi connectivity index (χ4n) is 3.08. The smallest absolute Gasteiger partial charge is 0.287 e. The molecule has 1 N–H and O–H groups in total. The molecule has 0 saturated heterocycles. The van der Waals surface area contributed by atoms with Crippen LogP contribution in [0, 0.1) is 0 Å². The number of rotatable bonds is 5. The van der Waals surface area contributed by atoms with E-state index in [1.807, 2.05) is 42.5 Å². The van der Waals surface area contributed by atoms with Crippen LogP contribution in [-0.4, -0.2) is 24.5 Å². The third-order valence-corrected chi connectivity index (χ3v) is 4.35. The Balaban J connectivity index is 1.47. The number of carbonyl (C=O) groups is 1. The van der Waals surface area contributed by atoms with Gasteiger partial charge in [0.25, 0.3) is 5.91 Å². The molecule has 0 radical (unpaired) electrons. The van der Waals surface area contributed by atoms with Crippen LogP contribution in [0.1, 0.15) is 16.1 Å². The number of carbonyl (C=O) groups excluding carboxylic acids is 1. The van der Waals surface area contributed by atoms with Gasteiger partial charge in [0.2, 0.25) is 0 Å². The molecule has 5 nitrogen and oxygen atoms in total.